The topological polar surface area (TPSA) is 84.0 Å². The highest BCUT2D eigenvalue weighted by Gasteiger charge is 2.18. The first-order chi connectivity index (χ1) is 9.05. The highest BCUT2D eigenvalue weighted by Crippen LogP contribution is 2.25. The van der Waals surface area contributed by atoms with Crippen LogP contribution < -0.4 is 10.0 Å². The van der Waals surface area contributed by atoms with E-state index < -0.39 is 10.0 Å². The van der Waals surface area contributed by atoms with Crippen molar-refractivity contribution >= 4 is 37.8 Å². The molecule has 2 aromatic heterocycles. The molecule has 0 bridgehead atoms. The van der Waals surface area contributed by atoms with E-state index in [9.17, 15) is 8.42 Å². The zero-order valence-electron chi connectivity index (χ0n) is 10.5. The van der Waals surface area contributed by atoms with Gasteiger partial charge in [-0.1, -0.05) is 18.3 Å². The molecule has 0 fully saturated rings. The summed E-state index contributed by atoms with van der Waals surface area (Å²) in [6, 6.07) is 3.40. The van der Waals surface area contributed by atoms with E-state index in [2.05, 4.69) is 20.2 Å². The molecule has 0 spiro atoms. The Balaban J connectivity index is 2.16. The summed E-state index contributed by atoms with van der Waals surface area (Å²) in [5.74, 6) is 0. The van der Waals surface area contributed by atoms with E-state index in [4.69, 9.17) is 0 Å². The van der Waals surface area contributed by atoms with Crippen LogP contribution in [0, 0.1) is 0 Å². The maximum absolute atomic E-state index is 12.1. The van der Waals surface area contributed by atoms with Gasteiger partial charge in [0, 0.05) is 11.4 Å². The zero-order valence-corrected chi connectivity index (χ0v) is 13.0. The second-order valence-corrected chi connectivity index (χ2v) is 7.85. The lowest BCUT2D eigenvalue weighted by Gasteiger charge is -2.00. The monoisotopic (exact) mass is 318 g/mol. The summed E-state index contributed by atoms with van der Waals surface area (Å²) in [7, 11) is -1.74. The van der Waals surface area contributed by atoms with Gasteiger partial charge in [-0.15, -0.1) is 21.5 Å². The number of nitrogens with one attached hydrogen (secondary N) is 2. The summed E-state index contributed by atoms with van der Waals surface area (Å²) in [4.78, 5) is 0.967. The SMILES string of the molecule is CCc1nnc(NS(=O)(=O)c2ccc(CNC)s2)s1. The van der Waals surface area contributed by atoms with Crippen molar-refractivity contribution in [3.8, 4) is 0 Å². The van der Waals surface area contributed by atoms with Crippen molar-refractivity contribution in [3.05, 3.63) is 22.0 Å². The van der Waals surface area contributed by atoms with E-state index in [1.54, 1.807) is 12.1 Å². The van der Waals surface area contributed by atoms with Gasteiger partial charge in [0.05, 0.1) is 0 Å². The number of sulfonamides is 1. The van der Waals surface area contributed by atoms with Gasteiger partial charge in [-0.3, -0.25) is 4.72 Å². The highest BCUT2D eigenvalue weighted by molar-refractivity contribution is 7.94. The predicted molar refractivity (Wildman–Crippen MR) is 77.2 cm³/mol. The molecule has 0 aliphatic carbocycles. The van der Waals surface area contributed by atoms with Crippen LogP contribution in [0.1, 0.15) is 16.8 Å². The molecule has 2 heterocycles. The summed E-state index contributed by atoms with van der Waals surface area (Å²) in [5.41, 5.74) is 0. The summed E-state index contributed by atoms with van der Waals surface area (Å²) in [6.45, 7) is 2.60. The van der Waals surface area contributed by atoms with Crippen molar-refractivity contribution in [2.24, 2.45) is 0 Å². The molecule has 0 radical (unpaired) electrons. The second-order valence-electron chi connectivity index (χ2n) is 3.71. The molecule has 0 aliphatic rings. The molecule has 0 atom stereocenters. The minimum absolute atomic E-state index is 0.283. The van der Waals surface area contributed by atoms with Crippen LogP contribution in [-0.2, 0) is 23.0 Å². The molecule has 0 unspecified atom stereocenters. The summed E-state index contributed by atoms with van der Waals surface area (Å²) in [6.07, 6.45) is 0.741. The first kappa shape index (κ1) is 14.4. The Morgan fingerprint density at radius 1 is 1.26 bits per heavy atom. The number of hydrogen-bond acceptors (Lipinski definition) is 7. The molecule has 9 heteroatoms. The van der Waals surface area contributed by atoms with Gasteiger partial charge in [-0.25, -0.2) is 8.42 Å². The molecule has 2 aromatic rings. The third-order valence-corrected chi connectivity index (χ3v) is 6.27. The lowest BCUT2D eigenvalue weighted by Crippen LogP contribution is -2.11. The van der Waals surface area contributed by atoms with Crippen LogP contribution >= 0.6 is 22.7 Å². The Bertz CT molecular complexity index is 647. The third-order valence-electron chi connectivity index (χ3n) is 2.24. The number of nitrogens with zero attached hydrogens (tertiary/aromatic N) is 2. The molecule has 6 nitrogen and oxygen atoms in total. The molecule has 0 aliphatic heterocycles. The first-order valence-corrected chi connectivity index (χ1v) is 8.75. The Kier molecular flexibility index (Phi) is 4.50. The van der Waals surface area contributed by atoms with Crippen LogP contribution in [0.3, 0.4) is 0 Å². The van der Waals surface area contributed by atoms with Crippen LogP contribution in [0.5, 0.6) is 0 Å². The summed E-state index contributed by atoms with van der Waals surface area (Å²) >= 11 is 2.49. The Morgan fingerprint density at radius 3 is 2.68 bits per heavy atom. The van der Waals surface area contributed by atoms with E-state index in [-0.39, 0.29) is 4.21 Å². The zero-order chi connectivity index (χ0) is 13.9. The number of aromatic nitrogens is 2. The molecule has 0 aromatic carbocycles. The summed E-state index contributed by atoms with van der Waals surface area (Å²) in [5, 5.41) is 11.8. The lowest BCUT2D eigenvalue weighted by atomic mass is 10.5. The van der Waals surface area contributed by atoms with Gasteiger partial charge in [0.1, 0.15) is 9.22 Å². The average Bonchev–Trinajstić information content (AvgIpc) is 2.98. The van der Waals surface area contributed by atoms with Crippen LogP contribution in [0.2, 0.25) is 0 Å². The number of thiophene rings is 1. The minimum atomic E-state index is -3.56. The fraction of sp³-hybridized carbons (Fsp3) is 0.400. The van der Waals surface area contributed by atoms with E-state index in [0.29, 0.717) is 11.7 Å². The number of anilines is 1. The quantitative estimate of drug-likeness (QED) is 0.846. The molecule has 2 rings (SSSR count). The van der Waals surface area contributed by atoms with Crippen LogP contribution in [0.4, 0.5) is 5.13 Å². The molecular weight excluding hydrogens is 304 g/mol. The molecule has 104 valence electrons. The Hall–Kier alpha value is -1.03. The van der Waals surface area contributed by atoms with Gasteiger partial charge in [0.25, 0.3) is 10.0 Å². The molecule has 0 saturated heterocycles. The van der Waals surface area contributed by atoms with Crippen molar-refractivity contribution in [2.45, 2.75) is 24.1 Å². The van der Waals surface area contributed by atoms with Crippen LogP contribution in [0.15, 0.2) is 16.3 Å². The van der Waals surface area contributed by atoms with Gasteiger partial charge in [-0.2, -0.15) is 0 Å². The van der Waals surface area contributed by atoms with E-state index in [1.807, 2.05) is 14.0 Å². The van der Waals surface area contributed by atoms with Crippen LogP contribution in [0.25, 0.3) is 0 Å². The highest BCUT2D eigenvalue weighted by atomic mass is 32.2. The fourth-order valence-electron chi connectivity index (χ4n) is 1.37. The first-order valence-electron chi connectivity index (χ1n) is 5.63. The van der Waals surface area contributed by atoms with E-state index >= 15 is 0 Å². The van der Waals surface area contributed by atoms with Crippen molar-refractivity contribution in [2.75, 3.05) is 11.8 Å². The Labute approximate surface area is 119 Å². The van der Waals surface area contributed by atoms with E-state index in [0.717, 1.165) is 16.3 Å². The average molecular weight is 318 g/mol. The number of aryl methyl sites for hydroxylation is 1. The maximum Gasteiger partial charge on any atom is 0.273 e. The van der Waals surface area contributed by atoms with Gasteiger partial charge in [0.15, 0.2) is 0 Å². The van der Waals surface area contributed by atoms with Crippen LogP contribution in [-0.4, -0.2) is 25.7 Å². The fourth-order valence-corrected chi connectivity index (χ4v) is 4.65. The van der Waals surface area contributed by atoms with Gasteiger partial charge in [0.2, 0.25) is 5.13 Å². The third kappa shape index (κ3) is 3.50. The number of hydrogen-bond donors (Lipinski definition) is 2. The van der Waals surface area contributed by atoms with E-state index in [1.165, 1.54) is 22.7 Å². The second kappa shape index (κ2) is 5.95. The van der Waals surface area contributed by atoms with Gasteiger partial charge >= 0.3 is 0 Å². The molecule has 19 heavy (non-hydrogen) atoms. The normalized spacial score (nSPS) is 11.7. The lowest BCUT2D eigenvalue weighted by molar-refractivity contribution is 0.603. The molecular formula is C10H14N4O2S3. The largest absolute Gasteiger partial charge is 0.315 e. The Morgan fingerprint density at radius 2 is 2.05 bits per heavy atom. The predicted octanol–water partition coefficient (Wildman–Crippen LogP) is 1.68. The van der Waals surface area contributed by atoms with Gasteiger partial charge < -0.3 is 5.32 Å². The van der Waals surface area contributed by atoms with Gasteiger partial charge in [-0.05, 0) is 25.6 Å². The van der Waals surface area contributed by atoms with Crippen molar-refractivity contribution in [3.63, 3.8) is 0 Å². The molecule has 0 saturated carbocycles. The molecule has 0 amide bonds. The standard InChI is InChI=1S/C10H14N4O2S3/c1-3-8-12-13-10(18-8)14-19(15,16)9-5-4-7(17-9)6-11-2/h4-5,11H,3,6H2,1-2H3,(H,13,14). The van der Waals surface area contributed by atoms with Crippen molar-refractivity contribution in [1.29, 1.82) is 0 Å². The molecule has 2 N–H and O–H groups in total. The van der Waals surface area contributed by atoms with Crippen molar-refractivity contribution < 1.29 is 8.42 Å². The summed E-state index contributed by atoms with van der Waals surface area (Å²) < 4.78 is 27.0. The number of rotatable bonds is 6. The smallest absolute Gasteiger partial charge is 0.273 e. The van der Waals surface area contributed by atoms with Crippen molar-refractivity contribution in [1.82, 2.24) is 15.5 Å². The minimum Gasteiger partial charge on any atom is -0.315 e. The maximum atomic E-state index is 12.1.